The van der Waals surface area contributed by atoms with Crippen molar-refractivity contribution in [1.29, 1.82) is 0 Å². The lowest BCUT2D eigenvalue weighted by atomic mass is 10.2. The summed E-state index contributed by atoms with van der Waals surface area (Å²) < 4.78 is 2.79. The summed E-state index contributed by atoms with van der Waals surface area (Å²) in [6, 6.07) is 7.11. The van der Waals surface area contributed by atoms with Gasteiger partial charge in [-0.25, -0.2) is 4.98 Å². The van der Waals surface area contributed by atoms with Gasteiger partial charge in [0.2, 0.25) is 5.43 Å². The first-order valence-corrected chi connectivity index (χ1v) is 8.00. The zero-order valence-electron chi connectivity index (χ0n) is 13.7. The highest BCUT2D eigenvalue weighted by atomic mass is 35.5. The average molecular weight is 406 g/mol. The van der Waals surface area contributed by atoms with Gasteiger partial charge in [0.05, 0.1) is 12.1 Å². The number of pyridine rings is 1. The summed E-state index contributed by atoms with van der Waals surface area (Å²) in [5.74, 6) is -0.424. The van der Waals surface area contributed by atoms with E-state index in [1.165, 1.54) is 21.5 Å². The molecule has 8 nitrogen and oxygen atoms in total. The second-order valence-electron chi connectivity index (χ2n) is 5.67. The number of rotatable bonds is 3. The van der Waals surface area contributed by atoms with Gasteiger partial charge in [0.1, 0.15) is 6.33 Å². The molecule has 10 heteroatoms. The van der Waals surface area contributed by atoms with Gasteiger partial charge < -0.3 is 14.1 Å². The van der Waals surface area contributed by atoms with Crippen molar-refractivity contribution in [1.82, 2.24) is 24.1 Å². The molecule has 0 aliphatic heterocycles. The molecule has 1 aromatic carbocycles. The number of H-pyrrole nitrogens is 1. The largest absolute Gasteiger partial charge is 0.503 e. The van der Waals surface area contributed by atoms with Crippen LogP contribution in [0.4, 0.5) is 0 Å². The molecule has 0 aliphatic carbocycles. The Morgan fingerprint density at radius 3 is 2.74 bits per heavy atom. The maximum absolute atomic E-state index is 12.8. The van der Waals surface area contributed by atoms with E-state index < -0.39 is 16.7 Å². The van der Waals surface area contributed by atoms with Crippen LogP contribution in [0.5, 0.6) is 5.75 Å². The minimum Gasteiger partial charge on any atom is -0.503 e. The maximum Gasteiger partial charge on any atom is 0.279 e. The lowest BCUT2D eigenvalue weighted by Gasteiger charge is -2.10. The number of aromatic nitrogens is 5. The van der Waals surface area contributed by atoms with Crippen LogP contribution in [0.2, 0.25) is 5.02 Å². The maximum atomic E-state index is 12.8. The summed E-state index contributed by atoms with van der Waals surface area (Å²) in [4.78, 5) is 29.1. The predicted octanol–water partition coefficient (Wildman–Crippen LogP) is 2.08. The van der Waals surface area contributed by atoms with E-state index in [4.69, 9.17) is 11.6 Å². The topological polar surface area (TPSA) is 105 Å². The zero-order chi connectivity index (χ0) is 18.3. The molecule has 3 aromatic heterocycles. The molecule has 0 radical (unpaired) electrons. The highest BCUT2D eigenvalue weighted by Gasteiger charge is 2.17. The van der Waals surface area contributed by atoms with Crippen LogP contribution in [0.15, 0.2) is 58.8 Å². The number of benzene rings is 1. The van der Waals surface area contributed by atoms with E-state index in [9.17, 15) is 14.7 Å². The number of hydrogen-bond acceptors (Lipinski definition) is 5. The standard InChI is InChI=1S/C17H12ClN5O3.ClH/c18-11-3-1-2-10(6-11)7-23-5-4-22-8-12(16-19-9-20-21-16)14(24)15(25)13(22)17(23)26;/h1-6,8-9,25H,7H2,(H,19,20,21);1H. The van der Waals surface area contributed by atoms with Crippen molar-refractivity contribution < 1.29 is 5.11 Å². The molecule has 0 unspecified atom stereocenters. The number of nitrogens with zero attached hydrogens (tertiary/aromatic N) is 4. The normalized spacial score (nSPS) is 10.7. The lowest BCUT2D eigenvalue weighted by Crippen LogP contribution is -2.24. The number of nitrogens with one attached hydrogen (secondary N) is 1. The van der Waals surface area contributed by atoms with Crippen LogP contribution >= 0.6 is 24.0 Å². The molecule has 0 amide bonds. The molecular formula is C17H13Cl2N5O3. The van der Waals surface area contributed by atoms with E-state index in [1.54, 1.807) is 30.6 Å². The molecule has 0 aliphatic rings. The van der Waals surface area contributed by atoms with Crippen LogP contribution in [0.3, 0.4) is 0 Å². The molecule has 4 rings (SSSR count). The van der Waals surface area contributed by atoms with E-state index in [-0.39, 0.29) is 35.9 Å². The van der Waals surface area contributed by atoms with E-state index in [0.717, 1.165) is 5.56 Å². The van der Waals surface area contributed by atoms with Gasteiger partial charge in [0.15, 0.2) is 17.1 Å². The van der Waals surface area contributed by atoms with Gasteiger partial charge in [-0.05, 0) is 17.7 Å². The average Bonchev–Trinajstić information content (AvgIpc) is 3.14. The van der Waals surface area contributed by atoms with E-state index in [2.05, 4.69) is 15.2 Å². The highest BCUT2D eigenvalue weighted by Crippen LogP contribution is 2.17. The van der Waals surface area contributed by atoms with E-state index in [0.29, 0.717) is 5.02 Å². The molecule has 138 valence electrons. The van der Waals surface area contributed by atoms with Gasteiger partial charge in [-0.2, -0.15) is 5.10 Å². The molecule has 3 heterocycles. The third-order valence-electron chi connectivity index (χ3n) is 3.99. The molecule has 0 saturated carbocycles. The van der Waals surface area contributed by atoms with Crippen molar-refractivity contribution in [3.63, 3.8) is 0 Å². The van der Waals surface area contributed by atoms with Crippen LogP contribution in [-0.2, 0) is 6.54 Å². The Bertz CT molecular complexity index is 1230. The molecule has 0 saturated heterocycles. The van der Waals surface area contributed by atoms with Gasteiger partial charge in [0.25, 0.3) is 5.56 Å². The van der Waals surface area contributed by atoms with Crippen LogP contribution in [0.1, 0.15) is 5.56 Å². The number of hydrogen-bond donors (Lipinski definition) is 2. The van der Waals surface area contributed by atoms with Gasteiger partial charge in [-0.1, -0.05) is 23.7 Å². The Morgan fingerprint density at radius 2 is 2.04 bits per heavy atom. The Hall–Kier alpha value is -3.10. The van der Waals surface area contributed by atoms with E-state index >= 15 is 0 Å². The Labute approximate surface area is 163 Å². The first kappa shape index (κ1) is 18.7. The fraction of sp³-hybridized carbons (Fsp3) is 0.0588. The summed E-state index contributed by atoms with van der Waals surface area (Å²) in [6.45, 7) is 0.257. The molecule has 0 atom stereocenters. The van der Waals surface area contributed by atoms with Crippen molar-refractivity contribution in [2.45, 2.75) is 6.54 Å². The molecular weight excluding hydrogens is 393 g/mol. The Balaban J connectivity index is 0.00000210. The van der Waals surface area contributed by atoms with Crippen molar-refractivity contribution in [2.24, 2.45) is 0 Å². The van der Waals surface area contributed by atoms with Crippen LogP contribution in [0, 0.1) is 0 Å². The zero-order valence-corrected chi connectivity index (χ0v) is 15.2. The van der Waals surface area contributed by atoms with Gasteiger partial charge in [-0.3, -0.25) is 14.7 Å². The summed E-state index contributed by atoms with van der Waals surface area (Å²) in [7, 11) is 0. The minimum atomic E-state index is -0.695. The minimum absolute atomic E-state index is 0. The number of aromatic amines is 1. The third-order valence-corrected chi connectivity index (χ3v) is 4.23. The molecule has 4 aromatic rings. The molecule has 2 N–H and O–H groups in total. The molecule has 0 spiro atoms. The van der Waals surface area contributed by atoms with Crippen molar-refractivity contribution in [3.05, 3.63) is 80.3 Å². The van der Waals surface area contributed by atoms with Crippen molar-refractivity contribution in [2.75, 3.05) is 0 Å². The van der Waals surface area contributed by atoms with Gasteiger partial charge in [0, 0.05) is 23.6 Å². The fourth-order valence-electron chi connectivity index (χ4n) is 2.77. The number of aromatic hydroxyl groups is 1. The monoisotopic (exact) mass is 405 g/mol. The molecule has 0 bridgehead atoms. The number of halogens is 2. The summed E-state index contributed by atoms with van der Waals surface area (Å²) in [6.07, 6.45) is 5.84. The Kier molecular flexibility index (Phi) is 5.02. The summed E-state index contributed by atoms with van der Waals surface area (Å²) in [5.41, 5.74) is -0.359. The molecule has 0 fully saturated rings. The molecule has 27 heavy (non-hydrogen) atoms. The van der Waals surface area contributed by atoms with Crippen molar-refractivity contribution in [3.8, 4) is 17.1 Å². The van der Waals surface area contributed by atoms with Gasteiger partial charge >= 0.3 is 0 Å². The third kappa shape index (κ3) is 3.32. The second kappa shape index (κ2) is 7.26. The Morgan fingerprint density at radius 1 is 1.22 bits per heavy atom. The number of fused-ring (bicyclic) bond motifs is 1. The van der Waals surface area contributed by atoms with Crippen LogP contribution < -0.4 is 11.0 Å². The van der Waals surface area contributed by atoms with Crippen LogP contribution in [-0.4, -0.2) is 29.3 Å². The summed E-state index contributed by atoms with van der Waals surface area (Å²) >= 11 is 5.97. The first-order valence-electron chi connectivity index (χ1n) is 7.62. The SMILES string of the molecule is Cl.O=c1c(-c2ncn[nH]2)cn2ccn(Cc3cccc(Cl)c3)c(=O)c2c1O. The van der Waals surface area contributed by atoms with Crippen LogP contribution in [0.25, 0.3) is 16.9 Å². The predicted molar refractivity (Wildman–Crippen MR) is 103 cm³/mol. The van der Waals surface area contributed by atoms with Crippen molar-refractivity contribution >= 4 is 29.5 Å². The van der Waals surface area contributed by atoms with E-state index in [1.807, 2.05) is 6.07 Å². The quantitative estimate of drug-likeness (QED) is 0.542. The summed E-state index contributed by atoms with van der Waals surface area (Å²) in [5, 5.41) is 17.1. The smallest absolute Gasteiger partial charge is 0.279 e. The fourth-order valence-corrected chi connectivity index (χ4v) is 2.98. The lowest BCUT2D eigenvalue weighted by molar-refractivity contribution is 0.472. The first-order chi connectivity index (χ1) is 12.5. The van der Waals surface area contributed by atoms with Gasteiger partial charge in [-0.15, -0.1) is 12.4 Å². The second-order valence-corrected chi connectivity index (χ2v) is 6.11. The highest BCUT2D eigenvalue weighted by molar-refractivity contribution is 6.30.